The van der Waals surface area contributed by atoms with Crippen LogP contribution >= 0.6 is 0 Å². The fraction of sp³-hybridized carbons (Fsp3) is 0.526. The molecule has 1 aromatic rings. The number of carbonyl (C=O) groups excluding carboxylic acids is 2. The first-order chi connectivity index (χ1) is 12.6. The normalized spacial score (nSPS) is 22.6. The molecule has 7 heteroatoms. The lowest BCUT2D eigenvalue weighted by molar-refractivity contribution is -0.218. The first-order valence-electron chi connectivity index (χ1n) is 8.86. The van der Waals surface area contributed by atoms with Crippen LogP contribution in [-0.4, -0.2) is 59.2 Å². The van der Waals surface area contributed by atoms with Crippen molar-refractivity contribution in [3.63, 3.8) is 0 Å². The van der Waals surface area contributed by atoms with Crippen LogP contribution in [0.5, 0.6) is 0 Å². The molecule has 3 heterocycles. The van der Waals surface area contributed by atoms with E-state index in [1.165, 1.54) is 17.7 Å². The standard InChI is InChI=1S/C19H25N3O4/c1-3-12-26-22-17(23)13-16(18(24)25-2)19(22)6-10-21(11-7-19)14-15-4-8-20-9-5-15/h3-5,8-9,16H,1,6-7,10-14H2,2H3. The van der Waals surface area contributed by atoms with Gasteiger partial charge in [-0.25, -0.2) is 5.06 Å². The number of ether oxygens (including phenoxy) is 1. The van der Waals surface area contributed by atoms with Crippen LogP contribution in [0.1, 0.15) is 24.8 Å². The van der Waals surface area contributed by atoms with E-state index in [4.69, 9.17) is 9.57 Å². The summed E-state index contributed by atoms with van der Waals surface area (Å²) in [6.45, 7) is 6.25. The topological polar surface area (TPSA) is 72.0 Å². The Kier molecular flexibility index (Phi) is 5.68. The van der Waals surface area contributed by atoms with Gasteiger partial charge in [-0.2, -0.15) is 0 Å². The fourth-order valence-corrected chi connectivity index (χ4v) is 4.01. The summed E-state index contributed by atoms with van der Waals surface area (Å²) in [6.07, 6.45) is 6.64. The van der Waals surface area contributed by atoms with Crippen molar-refractivity contribution in [2.75, 3.05) is 26.8 Å². The van der Waals surface area contributed by atoms with Gasteiger partial charge in [0.2, 0.25) is 5.91 Å². The van der Waals surface area contributed by atoms with E-state index in [-0.39, 0.29) is 24.9 Å². The number of esters is 1. The van der Waals surface area contributed by atoms with Crippen molar-refractivity contribution in [3.8, 4) is 0 Å². The fourth-order valence-electron chi connectivity index (χ4n) is 4.01. The zero-order chi connectivity index (χ0) is 18.6. The summed E-state index contributed by atoms with van der Waals surface area (Å²) in [6, 6.07) is 4.00. The monoisotopic (exact) mass is 359 g/mol. The second-order valence-corrected chi connectivity index (χ2v) is 6.79. The minimum Gasteiger partial charge on any atom is -0.469 e. The number of hydroxylamine groups is 2. The number of hydrogen-bond acceptors (Lipinski definition) is 6. The van der Waals surface area contributed by atoms with Gasteiger partial charge < -0.3 is 4.74 Å². The number of likely N-dealkylation sites (tertiary alicyclic amines) is 1. The van der Waals surface area contributed by atoms with Crippen LogP contribution in [0.15, 0.2) is 37.2 Å². The SMILES string of the molecule is C=CCON1C(=O)CC(C(=O)OC)C12CCN(Cc1ccncc1)CC2. The number of piperidine rings is 1. The lowest BCUT2D eigenvalue weighted by Crippen LogP contribution is -2.57. The van der Waals surface area contributed by atoms with E-state index in [0.717, 1.165) is 19.6 Å². The van der Waals surface area contributed by atoms with Crippen LogP contribution < -0.4 is 0 Å². The zero-order valence-corrected chi connectivity index (χ0v) is 15.1. The molecule has 2 saturated heterocycles. The van der Waals surface area contributed by atoms with Crippen LogP contribution in [0, 0.1) is 5.92 Å². The average molecular weight is 359 g/mol. The van der Waals surface area contributed by atoms with Gasteiger partial charge in [0.25, 0.3) is 0 Å². The molecule has 2 aliphatic rings. The molecule has 1 aromatic heterocycles. The van der Waals surface area contributed by atoms with Crippen LogP contribution in [0.3, 0.4) is 0 Å². The highest BCUT2D eigenvalue weighted by molar-refractivity contribution is 5.88. The van der Waals surface area contributed by atoms with E-state index in [2.05, 4.69) is 16.5 Å². The van der Waals surface area contributed by atoms with Gasteiger partial charge in [-0.1, -0.05) is 6.08 Å². The molecule has 0 aliphatic carbocycles. The molecule has 0 aromatic carbocycles. The van der Waals surface area contributed by atoms with Gasteiger partial charge in [-0.15, -0.1) is 6.58 Å². The number of carbonyl (C=O) groups is 2. The summed E-state index contributed by atoms with van der Waals surface area (Å²) in [7, 11) is 1.37. The molecule has 26 heavy (non-hydrogen) atoms. The van der Waals surface area contributed by atoms with Gasteiger partial charge in [-0.05, 0) is 30.5 Å². The number of amides is 1. The number of aromatic nitrogens is 1. The molecule has 1 amide bonds. The summed E-state index contributed by atoms with van der Waals surface area (Å²) in [5.41, 5.74) is 0.560. The van der Waals surface area contributed by atoms with E-state index >= 15 is 0 Å². The highest BCUT2D eigenvalue weighted by Gasteiger charge is 2.58. The predicted molar refractivity (Wildman–Crippen MR) is 94.6 cm³/mol. The number of methoxy groups -OCH3 is 1. The van der Waals surface area contributed by atoms with Crippen molar-refractivity contribution in [3.05, 3.63) is 42.7 Å². The summed E-state index contributed by atoms with van der Waals surface area (Å²) < 4.78 is 4.97. The lowest BCUT2D eigenvalue weighted by Gasteiger charge is -2.45. The van der Waals surface area contributed by atoms with Crippen LogP contribution in [0.25, 0.3) is 0 Å². The van der Waals surface area contributed by atoms with Gasteiger partial charge in [0.05, 0.1) is 25.2 Å². The van der Waals surface area contributed by atoms with Crippen LogP contribution in [0.2, 0.25) is 0 Å². The van der Waals surface area contributed by atoms with Gasteiger partial charge in [-0.3, -0.25) is 24.3 Å². The minimum atomic E-state index is -0.637. The lowest BCUT2D eigenvalue weighted by atomic mass is 9.77. The van der Waals surface area contributed by atoms with Gasteiger partial charge in [0.15, 0.2) is 0 Å². The molecule has 1 atom stereocenters. The first-order valence-corrected chi connectivity index (χ1v) is 8.86. The van der Waals surface area contributed by atoms with Crippen molar-refractivity contribution in [1.29, 1.82) is 0 Å². The highest BCUT2D eigenvalue weighted by atomic mass is 16.7. The summed E-state index contributed by atoms with van der Waals surface area (Å²) in [5.74, 6) is -0.997. The molecular weight excluding hydrogens is 334 g/mol. The third-order valence-electron chi connectivity index (χ3n) is 5.34. The first kappa shape index (κ1) is 18.5. The second kappa shape index (κ2) is 7.97. The Morgan fingerprint density at radius 2 is 2.08 bits per heavy atom. The molecular formula is C19H25N3O4. The highest BCUT2D eigenvalue weighted by Crippen LogP contribution is 2.44. The number of hydrogen-bond donors (Lipinski definition) is 0. The van der Waals surface area contributed by atoms with Crippen molar-refractivity contribution in [2.24, 2.45) is 5.92 Å². The zero-order valence-electron chi connectivity index (χ0n) is 15.1. The summed E-state index contributed by atoms with van der Waals surface area (Å²) >= 11 is 0. The Hall–Kier alpha value is -2.25. The molecule has 1 spiro atoms. The molecule has 0 saturated carbocycles. The van der Waals surface area contributed by atoms with E-state index in [0.29, 0.717) is 12.8 Å². The average Bonchev–Trinajstić information content (AvgIpc) is 2.94. The molecule has 0 radical (unpaired) electrons. The van der Waals surface area contributed by atoms with E-state index < -0.39 is 11.5 Å². The van der Waals surface area contributed by atoms with Crippen molar-refractivity contribution >= 4 is 11.9 Å². The Balaban J connectivity index is 1.75. The molecule has 1 unspecified atom stereocenters. The largest absolute Gasteiger partial charge is 0.469 e. The predicted octanol–water partition coefficient (Wildman–Crippen LogP) is 1.56. The molecule has 2 fully saturated rings. The summed E-state index contributed by atoms with van der Waals surface area (Å²) in [4.78, 5) is 36.9. The summed E-state index contributed by atoms with van der Waals surface area (Å²) in [5, 5.41) is 1.43. The van der Waals surface area contributed by atoms with Crippen LogP contribution in [-0.2, 0) is 25.7 Å². The molecule has 3 rings (SSSR count). The Labute approximate surface area is 153 Å². The maximum Gasteiger partial charge on any atom is 0.311 e. The molecule has 140 valence electrons. The van der Waals surface area contributed by atoms with Gasteiger partial charge >= 0.3 is 5.97 Å². The number of pyridine rings is 1. The molecule has 7 nitrogen and oxygen atoms in total. The second-order valence-electron chi connectivity index (χ2n) is 6.79. The van der Waals surface area contributed by atoms with E-state index in [1.54, 1.807) is 18.5 Å². The van der Waals surface area contributed by atoms with E-state index in [1.807, 2.05) is 12.1 Å². The Morgan fingerprint density at radius 1 is 1.38 bits per heavy atom. The third-order valence-corrected chi connectivity index (χ3v) is 5.34. The maximum absolute atomic E-state index is 12.5. The smallest absolute Gasteiger partial charge is 0.311 e. The van der Waals surface area contributed by atoms with Gasteiger partial charge in [0.1, 0.15) is 0 Å². The third kappa shape index (κ3) is 3.50. The Morgan fingerprint density at radius 3 is 2.69 bits per heavy atom. The minimum absolute atomic E-state index is 0.133. The molecule has 2 aliphatic heterocycles. The maximum atomic E-state index is 12.5. The molecule has 0 bridgehead atoms. The molecule has 0 N–H and O–H groups in total. The van der Waals surface area contributed by atoms with Crippen molar-refractivity contribution in [1.82, 2.24) is 14.9 Å². The number of rotatable bonds is 6. The van der Waals surface area contributed by atoms with Crippen LogP contribution in [0.4, 0.5) is 0 Å². The van der Waals surface area contributed by atoms with Crippen molar-refractivity contribution < 1.29 is 19.2 Å². The van der Waals surface area contributed by atoms with E-state index in [9.17, 15) is 9.59 Å². The van der Waals surface area contributed by atoms with Gasteiger partial charge in [0, 0.05) is 38.4 Å². The Bertz CT molecular complexity index is 656. The van der Waals surface area contributed by atoms with Crippen molar-refractivity contribution in [2.45, 2.75) is 31.3 Å². The number of nitrogens with zero attached hydrogens (tertiary/aromatic N) is 3. The quantitative estimate of drug-likeness (QED) is 0.567.